The molecule has 1 atom stereocenters. The van der Waals surface area contributed by atoms with Crippen LogP contribution in [-0.2, 0) is 17.8 Å². The molecule has 0 aliphatic carbocycles. The topological polar surface area (TPSA) is 35.6 Å². The van der Waals surface area contributed by atoms with E-state index in [1.54, 1.807) is 17.4 Å². The Morgan fingerprint density at radius 3 is 2.65 bits per heavy atom. The molecule has 4 nitrogen and oxygen atoms in total. The number of carbonyl (C=O) groups excluding carboxylic acids is 1. The molecule has 1 unspecified atom stereocenters. The minimum atomic E-state index is -0.145. The first-order valence-electron chi connectivity index (χ1n) is 9.13. The Kier molecular flexibility index (Phi) is 6.77. The SMILES string of the molecule is CC(C(=O)NCCc1cccs1)N1CCN(Cc2ccccc2F)CC1. The van der Waals surface area contributed by atoms with Crippen LogP contribution in [0.1, 0.15) is 17.4 Å². The smallest absolute Gasteiger partial charge is 0.237 e. The van der Waals surface area contributed by atoms with E-state index in [-0.39, 0.29) is 17.8 Å². The van der Waals surface area contributed by atoms with E-state index in [0.29, 0.717) is 13.1 Å². The summed E-state index contributed by atoms with van der Waals surface area (Å²) >= 11 is 1.72. The van der Waals surface area contributed by atoms with Crippen molar-refractivity contribution < 1.29 is 9.18 Å². The van der Waals surface area contributed by atoms with Crippen molar-refractivity contribution in [3.63, 3.8) is 0 Å². The Bertz CT molecular complexity index is 699. The highest BCUT2D eigenvalue weighted by molar-refractivity contribution is 7.09. The van der Waals surface area contributed by atoms with E-state index >= 15 is 0 Å². The Morgan fingerprint density at radius 1 is 1.19 bits per heavy atom. The van der Waals surface area contributed by atoms with Crippen molar-refractivity contribution >= 4 is 17.2 Å². The third kappa shape index (κ3) is 5.13. The van der Waals surface area contributed by atoms with Gasteiger partial charge in [-0.15, -0.1) is 11.3 Å². The second kappa shape index (κ2) is 9.26. The number of nitrogens with one attached hydrogen (secondary N) is 1. The molecular weight excluding hydrogens is 349 g/mol. The maximum Gasteiger partial charge on any atom is 0.237 e. The molecule has 1 aromatic heterocycles. The zero-order valence-corrected chi connectivity index (χ0v) is 16.0. The zero-order valence-electron chi connectivity index (χ0n) is 15.2. The Morgan fingerprint density at radius 2 is 1.96 bits per heavy atom. The van der Waals surface area contributed by atoms with Crippen LogP contribution in [0.4, 0.5) is 4.39 Å². The molecule has 0 radical (unpaired) electrons. The molecule has 1 aliphatic rings. The van der Waals surface area contributed by atoms with Crippen LogP contribution in [0, 0.1) is 5.82 Å². The van der Waals surface area contributed by atoms with Gasteiger partial charge in [0.2, 0.25) is 5.91 Å². The predicted octanol–water partition coefficient (Wildman–Crippen LogP) is 2.75. The van der Waals surface area contributed by atoms with Crippen LogP contribution in [0.25, 0.3) is 0 Å². The number of hydrogen-bond donors (Lipinski definition) is 1. The van der Waals surface area contributed by atoms with Gasteiger partial charge in [-0.1, -0.05) is 24.3 Å². The van der Waals surface area contributed by atoms with Gasteiger partial charge < -0.3 is 5.32 Å². The standard InChI is InChI=1S/C20H26FN3OS/c1-16(20(25)22-9-8-18-6-4-14-26-18)24-12-10-23(11-13-24)15-17-5-2-3-7-19(17)21/h2-7,14,16H,8-13,15H2,1H3,(H,22,25). The molecule has 1 fully saturated rings. The molecule has 0 spiro atoms. The van der Waals surface area contributed by atoms with E-state index in [1.807, 2.05) is 25.1 Å². The molecule has 2 heterocycles. The molecule has 26 heavy (non-hydrogen) atoms. The van der Waals surface area contributed by atoms with Crippen LogP contribution in [0.2, 0.25) is 0 Å². The summed E-state index contributed by atoms with van der Waals surface area (Å²) < 4.78 is 13.8. The molecule has 1 N–H and O–H groups in total. The number of hydrogen-bond acceptors (Lipinski definition) is 4. The van der Waals surface area contributed by atoms with Crippen LogP contribution in [0.15, 0.2) is 41.8 Å². The van der Waals surface area contributed by atoms with Crippen molar-refractivity contribution in [1.29, 1.82) is 0 Å². The number of nitrogens with zero attached hydrogens (tertiary/aromatic N) is 2. The van der Waals surface area contributed by atoms with Crippen molar-refractivity contribution in [3.8, 4) is 0 Å². The summed E-state index contributed by atoms with van der Waals surface area (Å²) in [6, 6.07) is 10.9. The van der Waals surface area contributed by atoms with Crippen molar-refractivity contribution in [2.75, 3.05) is 32.7 Å². The summed E-state index contributed by atoms with van der Waals surface area (Å²) in [4.78, 5) is 18.1. The molecular formula is C20H26FN3OS. The van der Waals surface area contributed by atoms with E-state index in [9.17, 15) is 9.18 Å². The van der Waals surface area contributed by atoms with Crippen LogP contribution in [0.3, 0.4) is 0 Å². The summed E-state index contributed by atoms with van der Waals surface area (Å²) in [7, 11) is 0. The number of halogens is 1. The second-order valence-electron chi connectivity index (χ2n) is 6.70. The Labute approximate surface area is 158 Å². The number of benzene rings is 1. The first-order chi connectivity index (χ1) is 12.6. The lowest BCUT2D eigenvalue weighted by molar-refractivity contribution is -0.126. The number of piperazine rings is 1. The average molecular weight is 376 g/mol. The Hall–Kier alpha value is -1.76. The molecule has 2 aromatic rings. The molecule has 0 saturated carbocycles. The van der Waals surface area contributed by atoms with Gasteiger partial charge in [-0.3, -0.25) is 14.6 Å². The summed E-state index contributed by atoms with van der Waals surface area (Å²) in [6.45, 7) is 6.62. The lowest BCUT2D eigenvalue weighted by Gasteiger charge is -2.37. The van der Waals surface area contributed by atoms with Gasteiger partial charge in [0.1, 0.15) is 5.82 Å². The number of rotatable bonds is 7. The van der Waals surface area contributed by atoms with Gasteiger partial charge in [0.05, 0.1) is 6.04 Å². The van der Waals surface area contributed by atoms with Crippen LogP contribution >= 0.6 is 11.3 Å². The first kappa shape index (κ1) is 19.0. The van der Waals surface area contributed by atoms with Crippen molar-refractivity contribution in [2.24, 2.45) is 0 Å². The molecule has 0 bridgehead atoms. The predicted molar refractivity (Wildman–Crippen MR) is 104 cm³/mol. The number of thiophene rings is 1. The minimum absolute atomic E-state index is 0.0871. The minimum Gasteiger partial charge on any atom is -0.354 e. The third-order valence-corrected chi connectivity index (χ3v) is 5.87. The average Bonchev–Trinajstić information content (AvgIpc) is 3.17. The van der Waals surface area contributed by atoms with Crippen molar-refractivity contribution in [2.45, 2.75) is 25.9 Å². The monoisotopic (exact) mass is 375 g/mol. The molecule has 140 valence electrons. The van der Waals surface area contributed by atoms with E-state index in [4.69, 9.17) is 0 Å². The fraction of sp³-hybridized carbons (Fsp3) is 0.450. The largest absolute Gasteiger partial charge is 0.354 e. The summed E-state index contributed by atoms with van der Waals surface area (Å²) in [6.07, 6.45) is 0.881. The molecule has 1 aliphatic heterocycles. The third-order valence-electron chi connectivity index (χ3n) is 4.94. The maximum absolute atomic E-state index is 13.8. The fourth-order valence-corrected chi connectivity index (χ4v) is 3.96. The maximum atomic E-state index is 13.8. The van der Waals surface area contributed by atoms with Gasteiger partial charge >= 0.3 is 0 Å². The first-order valence-corrected chi connectivity index (χ1v) is 10.0. The van der Waals surface area contributed by atoms with Gasteiger partial charge in [0.25, 0.3) is 0 Å². The van der Waals surface area contributed by atoms with Gasteiger partial charge in [-0.25, -0.2) is 4.39 Å². The molecule has 1 saturated heterocycles. The molecule has 6 heteroatoms. The summed E-state index contributed by atoms with van der Waals surface area (Å²) in [5.41, 5.74) is 0.736. The fourth-order valence-electron chi connectivity index (χ4n) is 3.25. The van der Waals surface area contributed by atoms with Crippen molar-refractivity contribution in [3.05, 3.63) is 58.0 Å². The van der Waals surface area contributed by atoms with Gasteiger partial charge in [0, 0.05) is 49.7 Å². The van der Waals surface area contributed by atoms with Gasteiger partial charge in [-0.2, -0.15) is 0 Å². The normalized spacial score (nSPS) is 17.2. The Balaban J connectivity index is 1.40. The quantitative estimate of drug-likeness (QED) is 0.808. The molecule has 3 rings (SSSR count). The highest BCUT2D eigenvalue weighted by Crippen LogP contribution is 2.13. The van der Waals surface area contributed by atoms with E-state index < -0.39 is 0 Å². The highest BCUT2D eigenvalue weighted by atomic mass is 32.1. The van der Waals surface area contributed by atoms with Crippen LogP contribution in [-0.4, -0.2) is 54.5 Å². The van der Waals surface area contributed by atoms with Crippen molar-refractivity contribution in [1.82, 2.24) is 15.1 Å². The van der Waals surface area contributed by atoms with E-state index in [2.05, 4.69) is 26.6 Å². The van der Waals surface area contributed by atoms with Crippen LogP contribution in [0.5, 0.6) is 0 Å². The number of amides is 1. The second-order valence-corrected chi connectivity index (χ2v) is 7.73. The lowest BCUT2D eigenvalue weighted by atomic mass is 10.1. The zero-order chi connectivity index (χ0) is 18.4. The highest BCUT2D eigenvalue weighted by Gasteiger charge is 2.25. The van der Waals surface area contributed by atoms with Gasteiger partial charge in [0.15, 0.2) is 0 Å². The molecule has 1 amide bonds. The van der Waals surface area contributed by atoms with E-state index in [1.165, 1.54) is 10.9 Å². The summed E-state index contributed by atoms with van der Waals surface area (Å²) in [5, 5.41) is 5.10. The lowest BCUT2D eigenvalue weighted by Crippen LogP contribution is -2.53. The summed E-state index contributed by atoms with van der Waals surface area (Å²) in [5.74, 6) is -0.0578. The van der Waals surface area contributed by atoms with Gasteiger partial charge in [-0.05, 0) is 30.9 Å². The van der Waals surface area contributed by atoms with E-state index in [0.717, 1.165) is 38.2 Å². The molecule has 1 aromatic carbocycles. The number of carbonyl (C=O) groups is 1. The van der Waals surface area contributed by atoms with Crippen LogP contribution < -0.4 is 5.32 Å².